The summed E-state index contributed by atoms with van der Waals surface area (Å²) in [5.41, 5.74) is 1.16. The number of hydrogen-bond donors (Lipinski definition) is 0. The van der Waals surface area contributed by atoms with Crippen LogP contribution in [0.4, 0.5) is 0 Å². The molecule has 0 spiro atoms. The molecular formula is C14H12N2O. The van der Waals surface area contributed by atoms with Crippen LogP contribution in [0, 0.1) is 0 Å². The van der Waals surface area contributed by atoms with Gasteiger partial charge in [0, 0.05) is 25.5 Å². The van der Waals surface area contributed by atoms with Gasteiger partial charge in [0.15, 0.2) is 0 Å². The molecule has 0 saturated heterocycles. The molecule has 0 aliphatic heterocycles. The smallest absolute Gasteiger partial charge is 0.145 e. The minimum Gasteiger partial charge on any atom is -0.456 e. The van der Waals surface area contributed by atoms with Crippen LogP contribution in [-0.2, 0) is 7.05 Å². The molecule has 0 fully saturated rings. The van der Waals surface area contributed by atoms with Crippen LogP contribution in [-0.4, -0.2) is 9.55 Å². The van der Waals surface area contributed by atoms with Gasteiger partial charge >= 0.3 is 0 Å². The predicted molar refractivity (Wildman–Crippen MR) is 67.2 cm³/mol. The van der Waals surface area contributed by atoms with Gasteiger partial charge in [-0.15, -0.1) is 0 Å². The molecule has 2 heterocycles. The Bertz CT molecular complexity index is 644. The van der Waals surface area contributed by atoms with E-state index < -0.39 is 0 Å². The standard InChI is InChI=1S/C14H12N2O/c1-16-8-6-11-4-5-12(9-14(11)16)17-13-3-2-7-15-10-13/h2-10H,1H3. The molecule has 3 rings (SSSR count). The lowest BCUT2D eigenvalue weighted by atomic mass is 10.2. The summed E-state index contributed by atoms with van der Waals surface area (Å²) in [4.78, 5) is 4.02. The summed E-state index contributed by atoms with van der Waals surface area (Å²) in [5.74, 6) is 1.58. The van der Waals surface area contributed by atoms with Crippen molar-refractivity contribution in [2.75, 3.05) is 0 Å². The van der Waals surface area contributed by atoms with E-state index in [9.17, 15) is 0 Å². The number of hydrogen-bond acceptors (Lipinski definition) is 2. The molecule has 0 aliphatic carbocycles. The summed E-state index contributed by atoms with van der Waals surface area (Å²) in [7, 11) is 2.02. The monoisotopic (exact) mass is 224 g/mol. The third kappa shape index (κ3) is 1.87. The number of aryl methyl sites for hydroxylation is 1. The summed E-state index contributed by atoms with van der Waals surface area (Å²) in [5, 5.41) is 1.21. The van der Waals surface area contributed by atoms with Crippen LogP contribution in [0.15, 0.2) is 55.0 Å². The lowest BCUT2D eigenvalue weighted by molar-refractivity contribution is 0.481. The first-order chi connectivity index (χ1) is 8.33. The zero-order valence-electron chi connectivity index (χ0n) is 9.50. The quantitative estimate of drug-likeness (QED) is 0.667. The van der Waals surface area contributed by atoms with Gasteiger partial charge in [-0.2, -0.15) is 0 Å². The molecule has 2 aromatic heterocycles. The number of benzene rings is 1. The molecule has 3 aromatic rings. The summed E-state index contributed by atoms with van der Waals surface area (Å²) in [6, 6.07) is 11.9. The number of fused-ring (bicyclic) bond motifs is 1. The second kappa shape index (κ2) is 3.94. The predicted octanol–water partition coefficient (Wildman–Crippen LogP) is 3.37. The normalized spacial score (nSPS) is 10.6. The van der Waals surface area contributed by atoms with Crippen LogP contribution >= 0.6 is 0 Å². The van der Waals surface area contributed by atoms with Crippen molar-refractivity contribution in [3.05, 3.63) is 55.0 Å². The summed E-state index contributed by atoms with van der Waals surface area (Å²) < 4.78 is 7.81. The first-order valence-corrected chi connectivity index (χ1v) is 5.46. The minimum atomic E-state index is 0.751. The average Bonchev–Trinajstić information content (AvgIpc) is 2.73. The van der Waals surface area contributed by atoms with Crippen molar-refractivity contribution in [2.24, 2.45) is 7.05 Å². The second-order valence-corrected chi connectivity index (χ2v) is 3.94. The van der Waals surface area contributed by atoms with E-state index in [2.05, 4.69) is 21.7 Å². The van der Waals surface area contributed by atoms with Crippen LogP contribution in [0.2, 0.25) is 0 Å². The SMILES string of the molecule is Cn1ccc2ccc(Oc3cccnc3)cc21. The van der Waals surface area contributed by atoms with Crippen molar-refractivity contribution in [3.8, 4) is 11.5 Å². The van der Waals surface area contributed by atoms with E-state index in [4.69, 9.17) is 4.74 Å². The Morgan fingerprint density at radius 1 is 1.12 bits per heavy atom. The zero-order chi connectivity index (χ0) is 11.7. The maximum absolute atomic E-state index is 5.74. The van der Waals surface area contributed by atoms with Crippen LogP contribution < -0.4 is 4.74 Å². The van der Waals surface area contributed by atoms with Crippen LogP contribution in [0.3, 0.4) is 0 Å². The molecular weight excluding hydrogens is 212 g/mol. The second-order valence-electron chi connectivity index (χ2n) is 3.94. The summed E-state index contributed by atoms with van der Waals surface area (Å²) in [6.07, 6.45) is 5.47. The van der Waals surface area contributed by atoms with Crippen LogP contribution in [0.1, 0.15) is 0 Å². The molecule has 17 heavy (non-hydrogen) atoms. The van der Waals surface area contributed by atoms with Gasteiger partial charge in [-0.1, -0.05) is 0 Å². The highest BCUT2D eigenvalue weighted by atomic mass is 16.5. The van der Waals surface area contributed by atoms with E-state index >= 15 is 0 Å². The van der Waals surface area contributed by atoms with E-state index in [1.165, 1.54) is 5.39 Å². The number of rotatable bonds is 2. The Balaban J connectivity index is 1.98. The topological polar surface area (TPSA) is 27.1 Å². The van der Waals surface area contributed by atoms with Gasteiger partial charge in [-0.25, -0.2) is 0 Å². The Labute approximate surface area is 99.3 Å². The van der Waals surface area contributed by atoms with Crippen molar-refractivity contribution < 1.29 is 4.74 Å². The summed E-state index contributed by atoms with van der Waals surface area (Å²) >= 11 is 0. The van der Waals surface area contributed by atoms with Gasteiger partial charge in [-0.3, -0.25) is 4.98 Å². The first kappa shape index (κ1) is 9.90. The van der Waals surface area contributed by atoms with Crippen LogP contribution in [0.5, 0.6) is 11.5 Å². The van der Waals surface area contributed by atoms with Crippen molar-refractivity contribution in [3.63, 3.8) is 0 Å². The molecule has 3 heteroatoms. The molecule has 0 atom stereocenters. The molecule has 0 aliphatic rings. The van der Waals surface area contributed by atoms with Crippen molar-refractivity contribution in [1.82, 2.24) is 9.55 Å². The number of pyridine rings is 1. The van der Waals surface area contributed by atoms with Gasteiger partial charge in [0.25, 0.3) is 0 Å². The van der Waals surface area contributed by atoms with Crippen LogP contribution in [0.25, 0.3) is 10.9 Å². The number of aromatic nitrogens is 2. The molecule has 0 bridgehead atoms. The zero-order valence-corrected chi connectivity index (χ0v) is 9.50. The molecule has 3 nitrogen and oxygen atoms in total. The van der Waals surface area contributed by atoms with Gasteiger partial charge in [-0.05, 0) is 35.7 Å². The van der Waals surface area contributed by atoms with Gasteiger partial charge in [0.1, 0.15) is 11.5 Å². The Hall–Kier alpha value is -2.29. The largest absolute Gasteiger partial charge is 0.456 e. The van der Waals surface area contributed by atoms with E-state index in [0.717, 1.165) is 17.0 Å². The fourth-order valence-electron chi connectivity index (χ4n) is 1.85. The highest BCUT2D eigenvalue weighted by molar-refractivity contribution is 5.81. The molecule has 1 aromatic carbocycles. The third-order valence-electron chi connectivity index (χ3n) is 2.73. The van der Waals surface area contributed by atoms with Crippen molar-refractivity contribution >= 4 is 10.9 Å². The molecule has 0 saturated carbocycles. The fourth-order valence-corrected chi connectivity index (χ4v) is 1.85. The lowest BCUT2D eigenvalue weighted by Crippen LogP contribution is -1.87. The van der Waals surface area contributed by atoms with Crippen molar-refractivity contribution in [2.45, 2.75) is 0 Å². The Morgan fingerprint density at radius 2 is 2.06 bits per heavy atom. The van der Waals surface area contributed by atoms with E-state index in [1.807, 2.05) is 37.5 Å². The van der Waals surface area contributed by atoms with Gasteiger partial charge in [0.2, 0.25) is 0 Å². The van der Waals surface area contributed by atoms with Gasteiger partial charge < -0.3 is 9.30 Å². The van der Waals surface area contributed by atoms with E-state index in [-0.39, 0.29) is 0 Å². The maximum Gasteiger partial charge on any atom is 0.145 e. The first-order valence-electron chi connectivity index (χ1n) is 5.46. The van der Waals surface area contributed by atoms with E-state index in [0.29, 0.717) is 0 Å². The molecule has 0 amide bonds. The average molecular weight is 224 g/mol. The molecule has 0 radical (unpaired) electrons. The highest BCUT2D eigenvalue weighted by Crippen LogP contribution is 2.25. The Kier molecular flexibility index (Phi) is 2.29. The molecule has 0 unspecified atom stereocenters. The molecule has 0 N–H and O–H groups in total. The minimum absolute atomic E-state index is 0.751. The summed E-state index contributed by atoms with van der Waals surface area (Å²) in [6.45, 7) is 0. The van der Waals surface area contributed by atoms with Crippen molar-refractivity contribution in [1.29, 1.82) is 0 Å². The third-order valence-corrected chi connectivity index (χ3v) is 2.73. The Morgan fingerprint density at radius 3 is 2.88 bits per heavy atom. The maximum atomic E-state index is 5.74. The number of nitrogens with zero attached hydrogens (tertiary/aromatic N) is 2. The fraction of sp³-hybridized carbons (Fsp3) is 0.0714. The van der Waals surface area contributed by atoms with Gasteiger partial charge in [0.05, 0.1) is 11.7 Å². The lowest BCUT2D eigenvalue weighted by Gasteiger charge is -2.05. The van der Waals surface area contributed by atoms with E-state index in [1.54, 1.807) is 12.4 Å². The highest BCUT2D eigenvalue weighted by Gasteiger charge is 2.01. The number of ether oxygens (including phenoxy) is 1. The molecule has 84 valence electrons.